The Hall–Kier alpha value is -1.72. The molecule has 112 valence electrons. The van der Waals surface area contributed by atoms with Crippen molar-refractivity contribution in [3.05, 3.63) is 47.1 Å². The molecule has 0 saturated heterocycles. The van der Waals surface area contributed by atoms with Gasteiger partial charge in [0, 0.05) is 37.7 Å². The smallest absolute Gasteiger partial charge is 0.263 e. The topological polar surface area (TPSA) is 29.5 Å². The highest BCUT2D eigenvalue weighted by Gasteiger charge is 2.15. The molecule has 0 spiro atoms. The quantitative estimate of drug-likeness (QED) is 0.762. The largest absolute Gasteiger partial charge is 0.385 e. The van der Waals surface area contributed by atoms with E-state index in [1.54, 1.807) is 49.4 Å². The van der Waals surface area contributed by atoms with Gasteiger partial charge in [-0.2, -0.15) is 0 Å². The number of nitrogens with zero attached hydrogens (tertiary/aromatic N) is 1. The molecule has 0 aliphatic carbocycles. The van der Waals surface area contributed by atoms with Gasteiger partial charge in [-0.15, -0.1) is 11.3 Å². The van der Waals surface area contributed by atoms with Gasteiger partial charge >= 0.3 is 0 Å². The summed E-state index contributed by atoms with van der Waals surface area (Å²) in [6.45, 7) is 1.27. The third-order valence-electron chi connectivity index (χ3n) is 3.14. The Morgan fingerprint density at radius 2 is 2.05 bits per heavy atom. The first-order chi connectivity index (χ1) is 10.1. The van der Waals surface area contributed by atoms with Crippen molar-refractivity contribution in [2.45, 2.75) is 6.42 Å². The van der Waals surface area contributed by atoms with Gasteiger partial charge in [-0.1, -0.05) is 18.2 Å². The number of carbonyl (C=O) groups excluding carboxylic acids is 1. The van der Waals surface area contributed by atoms with Gasteiger partial charge in [0.2, 0.25) is 0 Å². The number of amides is 1. The highest BCUT2D eigenvalue weighted by atomic mass is 32.1. The van der Waals surface area contributed by atoms with Crippen molar-refractivity contribution >= 4 is 17.2 Å². The van der Waals surface area contributed by atoms with Crippen LogP contribution in [0.2, 0.25) is 0 Å². The van der Waals surface area contributed by atoms with Gasteiger partial charge in [0.05, 0.1) is 4.88 Å². The highest BCUT2D eigenvalue weighted by Crippen LogP contribution is 2.30. The summed E-state index contributed by atoms with van der Waals surface area (Å²) in [6, 6.07) is 10.1. The fourth-order valence-electron chi connectivity index (χ4n) is 1.99. The van der Waals surface area contributed by atoms with E-state index in [9.17, 15) is 9.18 Å². The van der Waals surface area contributed by atoms with E-state index in [-0.39, 0.29) is 11.7 Å². The molecule has 0 unspecified atom stereocenters. The van der Waals surface area contributed by atoms with Crippen molar-refractivity contribution in [2.24, 2.45) is 0 Å². The summed E-state index contributed by atoms with van der Waals surface area (Å²) in [5, 5.41) is 0. The molecule has 1 heterocycles. The normalized spacial score (nSPS) is 10.6. The number of benzene rings is 1. The molecule has 5 heteroatoms. The van der Waals surface area contributed by atoms with E-state index in [1.807, 2.05) is 0 Å². The van der Waals surface area contributed by atoms with Crippen LogP contribution in [-0.4, -0.2) is 38.1 Å². The van der Waals surface area contributed by atoms with E-state index in [0.29, 0.717) is 23.6 Å². The summed E-state index contributed by atoms with van der Waals surface area (Å²) >= 11 is 1.31. The minimum Gasteiger partial charge on any atom is -0.385 e. The molecule has 0 saturated carbocycles. The van der Waals surface area contributed by atoms with E-state index in [4.69, 9.17) is 4.74 Å². The van der Waals surface area contributed by atoms with Gasteiger partial charge < -0.3 is 9.64 Å². The molecule has 1 aromatic heterocycles. The zero-order chi connectivity index (χ0) is 15.2. The predicted octanol–water partition coefficient (Wildman–Crippen LogP) is 3.66. The van der Waals surface area contributed by atoms with Crippen LogP contribution in [0.3, 0.4) is 0 Å². The molecule has 2 aromatic rings. The summed E-state index contributed by atoms with van der Waals surface area (Å²) in [7, 11) is 3.41. The first kappa shape index (κ1) is 15.7. The lowest BCUT2D eigenvalue weighted by Gasteiger charge is -2.15. The number of rotatable bonds is 6. The van der Waals surface area contributed by atoms with Gasteiger partial charge in [0.25, 0.3) is 5.91 Å². The van der Waals surface area contributed by atoms with Crippen LogP contribution in [0.15, 0.2) is 36.4 Å². The van der Waals surface area contributed by atoms with Crippen molar-refractivity contribution in [1.29, 1.82) is 0 Å². The molecule has 0 N–H and O–H groups in total. The number of hydrogen-bond donors (Lipinski definition) is 0. The van der Waals surface area contributed by atoms with Gasteiger partial charge in [-0.3, -0.25) is 4.79 Å². The lowest BCUT2D eigenvalue weighted by Crippen LogP contribution is -2.27. The Balaban J connectivity index is 2.09. The van der Waals surface area contributed by atoms with Crippen LogP contribution in [0, 0.1) is 5.82 Å². The Bertz CT molecular complexity index is 612. The highest BCUT2D eigenvalue weighted by molar-refractivity contribution is 7.17. The minimum absolute atomic E-state index is 0.0429. The van der Waals surface area contributed by atoms with Crippen molar-refractivity contribution < 1.29 is 13.9 Å². The molecule has 1 amide bonds. The van der Waals surface area contributed by atoms with E-state index in [0.717, 1.165) is 11.3 Å². The van der Waals surface area contributed by atoms with E-state index < -0.39 is 0 Å². The molecule has 0 bridgehead atoms. The molecule has 3 nitrogen and oxygen atoms in total. The lowest BCUT2D eigenvalue weighted by molar-refractivity contribution is 0.0784. The second-order valence-electron chi connectivity index (χ2n) is 4.72. The van der Waals surface area contributed by atoms with Crippen LogP contribution in [0.5, 0.6) is 0 Å². The second-order valence-corrected chi connectivity index (χ2v) is 5.80. The number of methoxy groups -OCH3 is 1. The first-order valence-corrected chi connectivity index (χ1v) is 7.54. The van der Waals surface area contributed by atoms with Crippen LogP contribution in [0.1, 0.15) is 16.1 Å². The summed E-state index contributed by atoms with van der Waals surface area (Å²) in [6.07, 6.45) is 0.796. The molecule has 0 aliphatic rings. The Morgan fingerprint density at radius 1 is 1.29 bits per heavy atom. The van der Waals surface area contributed by atoms with Crippen LogP contribution in [0.4, 0.5) is 4.39 Å². The third-order valence-corrected chi connectivity index (χ3v) is 4.25. The maximum absolute atomic E-state index is 13.7. The predicted molar refractivity (Wildman–Crippen MR) is 83.2 cm³/mol. The molecule has 0 atom stereocenters. The molecular weight excluding hydrogens is 289 g/mol. The number of halogens is 1. The summed E-state index contributed by atoms with van der Waals surface area (Å²) < 4.78 is 18.7. The molecule has 0 radical (unpaired) electrons. The standard InChI is InChI=1S/C16H18FNO2S/c1-18(10-5-11-20-2)16(19)15-9-8-14(21-15)12-6-3-4-7-13(12)17/h3-4,6-9H,5,10-11H2,1-2H3. The number of carbonyl (C=O) groups is 1. The Kier molecular flexibility index (Phi) is 5.47. The summed E-state index contributed by atoms with van der Waals surface area (Å²) in [5.74, 6) is -0.314. The summed E-state index contributed by atoms with van der Waals surface area (Å²) in [4.78, 5) is 15.3. The fourth-order valence-corrected chi connectivity index (χ4v) is 3.02. The molecule has 0 aliphatic heterocycles. The van der Waals surface area contributed by atoms with Gasteiger partial charge in [-0.05, 0) is 24.6 Å². The fraction of sp³-hybridized carbons (Fsp3) is 0.312. The van der Waals surface area contributed by atoms with Gasteiger partial charge in [0.1, 0.15) is 5.82 Å². The number of hydrogen-bond acceptors (Lipinski definition) is 3. The lowest BCUT2D eigenvalue weighted by atomic mass is 10.2. The maximum atomic E-state index is 13.7. The maximum Gasteiger partial charge on any atom is 0.263 e. The Morgan fingerprint density at radius 3 is 2.76 bits per heavy atom. The molecule has 21 heavy (non-hydrogen) atoms. The van der Waals surface area contributed by atoms with Crippen LogP contribution >= 0.6 is 11.3 Å². The number of thiophene rings is 1. The van der Waals surface area contributed by atoms with Crippen molar-refractivity contribution in [3.63, 3.8) is 0 Å². The van der Waals surface area contributed by atoms with E-state index >= 15 is 0 Å². The van der Waals surface area contributed by atoms with Crippen molar-refractivity contribution in [1.82, 2.24) is 4.90 Å². The zero-order valence-electron chi connectivity index (χ0n) is 12.1. The van der Waals surface area contributed by atoms with Gasteiger partial charge in [0.15, 0.2) is 0 Å². The van der Waals surface area contributed by atoms with Crippen molar-refractivity contribution in [2.75, 3.05) is 27.3 Å². The van der Waals surface area contributed by atoms with Crippen LogP contribution < -0.4 is 0 Å². The molecule has 2 rings (SSSR count). The molecule has 0 fully saturated rings. The second kappa shape index (κ2) is 7.33. The summed E-state index contributed by atoms with van der Waals surface area (Å²) in [5.41, 5.74) is 0.531. The zero-order valence-corrected chi connectivity index (χ0v) is 13.0. The van der Waals surface area contributed by atoms with Crippen molar-refractivity contribution in [3.8, 4) is 10.4 Å². The van der Waals surface area contributed by atoms with E-state index in [2.05, 4.69) is 0 Å². The number of ether oxygens (including phenoxy) is 1. The van der Waals surface area contributed by atoms with Crippen LogP contribution in [-0.2, 0) is 4.74 Å². The SMILES string of the molecule is COCCCN(C)C(=O)c1ccc(-c2ccccc2F)s1. The van der Waals surface area contributed by atoms with Crippen LogP contribution in [0.25, 0.3) is 10.4 Å². The monoisotopic (exact) mass is 307 g/mol. The molecule has 1 aromatic carbocycles. The van der Waals surface area contributed by atoms with Gasteiger partial charge in [-0.25, -0.2) is 4.39 Å². The average Bonchev–Trinajstić information content (AvgIpc) is 2.96. The first-order valence-electron chi connectivity index (χ1n) is 6.72. The minimum atomic E-state index is -0.271. The third kappa shape index (κ3) is 3.89. The van der Waals surface area contributed by atoms with E-state index in [1.165, 1.54) is 17.4 Å². The average molecular weight is 307 g/mol. The Labute approximate surface area is 128 Å². The molecular formula is C16H18FNO2S.